The predicted octanol–water partition coefficient (Wildman–Crippen LogP) is 4.24. The van der Waals surface area contributed by atoms with Gasteiger partial charge in [-0.15, -0.1) is 0 Å². The van der Waals surface area contributed by atoms with E-state index in [9.17, 15) is 0 Å². The summed E-state index contributed by atoms with van der Waals surface area (Å²) in [5.41, 5.74) is 0. The van der Waals surface area contributed by atoms with Crippen LogP contribution in [0.2, 0.25) is 0 Å². The summed E-state index contributed by atoms with van der Waals surface area (Å²) in [6, 6.07) is 4.11. The van der Waals surface area contributed by atoms with Crippen molar-refractivity contribution < 1.29 is 0 Å². The van der Waals surface area contributed by atoms with Crippen molar-refractivity contribution in [1.82, 2.24) is 0 Å². The molecule has 0 N–H and O–H groups in total. The Morgan fingerprint density at radius 1 is 0.667 bits per heavy atom. The molecular weight excluding hydrogens is 208 g/mol. The predicted molar refractivity (Wildman–Crippen MR) is 51.1 cm³/mol. The van der Waals surface area contributed by atoms with Gasteiger partial charge in [0.15, 0.2) is 0 Å². The van der Waals surface area contributed by atoms with E-state index in [1.165, 1.54) is 0 Å². The molecule has 50 valence electrons. The molecule has 0 aliphatic rings. The largest absolute Gasteiger partial charge is 0.0771 e. The van der Waals surface area contributed by atoms with E-state index in [-0.39, 0.29) is 0 Å². The zero-order chi connectivity index (χ0) is 6.36. The highest BCUT2D eigenvalue weighted by Crippen LogP contribution is 2.15. The third kappa shape index (κ3) is 4.05. The van der Waals surface area contributed by atoms with Crippen molar-refractivity contribution in [2.75, 3.05) is 0 Å². The lowest BCUT2D eigenvalue weighted by atomic mass is 10.7. The Labute approximate surface area is 71.2 Å². The first-order valence-corrected chi connectivity index (χ1v) is 8.41. The summed E-state index contributed by atoms with van der Waals surface area (Å²) >= 11 is 0. The average Bonchev–Trinajstić information content (AvgIpc) is 2.00. The number of rotatable bonds is 0. The van der Waals surface area contributed by atoms with Gasteiger partial charge in [0.25, 0.3) is 0 Å². The lowest BCUT2D eigenvalue weighted by molar-refractivity contribution is 1.99. The molecule has 0 atom stereocenters. The molecular formula is C4H4S5. The highest BCUT2D eigenvalue weighted by atomic mass is 33.5. The van der Waals surface area contributed by atoms with E-state index < -0.39 is 0 Å². The van der Waals surface area contributed by atoms with Gasteiger partial charge in [-0.1, -0.05) is 32.8 Å². The molecule has 0 amide bonds. The van der Waals surface area contributed by atoms with Crippen LogP contribution in [-0.4, -0.2) is 0 Å². The standard InChI is InChI=1S/C4H4S5/c1-2-4-6-8-9-7-5-3-1/h1-4H. The molecule has 0 aliphatic heterocycles. The molecule has 0 saturated heterocycles. The topological polar surface area (TPSA) is 0 Å². The molecule has 0 aromatic carbocycles. The van der Waals surface area contributed by atoms with Crippen molar-refractivity contribution in [2.24, 2.45) is 0 Å². The normalized spacial score (nSPS) is 8.00. The van der Waals surface area contributed by atoms with Gasteiger partial charge in [-0.2, -0.15) is 0 Å². The fourth-order valence-corrected chi connectivity index (χ4v) is 7.43. The average molecular weight is 212 g/mol. The Kier molecular flexibility index (Phi) is 4.59. The SMILES string of the molecule is c1ccsssssc1. The van der Waals surface area contributed by atoms with E-state index in [0.29, 0.717) is 0 Å². The molecule has 0 spiro atoms. The Morgan fingerprint density at radius 3 is 1.78 bits per heavy atom. The van der Waals surface area contributed by atoms with Gasteiger partial charge in [-0.3, -0.25) is 0 Å². The summed E-state index contributed by atoms with van der Waals surface area (Å²) in [6.07, 6.45) is 0. The Hall–Kier alpha value is 0.580. The maximum absolute atomic E-state index is 2.08. The first-order chi connectivity index (χ1) is 4.50. The van der Waals surface area contributed by atoms with E-state index in [0.717, 1.165) is 0 Å². The molecule has 1 aromatic rings. The monoisotopic (exact) mass is 212 g/mol. The smallest absolute Gasteiger partial charge is 0.00220 e. The van der Waals surface area contributed by atoms with Crippen molar-refractivity contribution in [3.05, 3.63) is 22.9 Å². The Balaban J connectivity index is 3.04. The second-order valence-corrected chi connectivity index (χ2v) is 8.44. The van der Waals surface area contributed by atoms with Gasteiger partial charge in [0, 0.05) is 10.8 Å². The van der Waals surface area contributed by atoms with Crippen molar-refractivity contribution in [3.8, 4) is 0 Å². The first-order valence-electron chi connectivity index (χ1n) is 2.14. The van der Waals surface area contributed by atoms with Crippen LogP contribution >= 0.6 is 48.7 Å². The van der Waals surface area contributed by atoms with Crippen LogP contribution in [0.5, 0.6) is 0 Å². The van der Waals surface area contributed by atoms with Crippen molar-refractivity contribution in [2.45, 2.75) is 0 Å². The molecule has 0 fully saturated rings. The minimum Gasteiger partial charge on any atom is -0.0771 e. The van der Waals surface area contributed by atoms with E-state index in [4.69, 9.17) is 0 Å². The molecule has 5 heteroatoms. The maximum atomic E-state index is 2.08. The van der Waals surface area contributed by atoms with Crippen LogP contribution in [0.1, 0.15) is 0 Å². The van der Waals surface area contributed by atoms with E-state index in [1.807, 2.05) is 0 Å². The van der Waals surface area contributed by atoms with Crippen molar-refractivity contribution in [1.29, 1.82) is 0 Å². The second kappa shape index (κ2) is 5.37. The number of hydrogen-bond donors (Lipinski definition) is 0. The summed E-state index contributed by atoms with van der Waals surface area (Å²) in [5.74, 6) is 0. The number of hydrogen-bond acceptors (Lipinski definition) is 5. The summed E-state index contributed by atoms with van der Waals surface area (Å²) in [7, 11) is 8.89. The summed E-state index contributed by atoms with van der Waals surface area (Å²) in [4.78, 5) is 0. The second-order valence-electron chi connectivity index (χ2n) is 1.05. The fraction of sp³-hybridized carbons (Fsp3) is 0. The van der Waals surface area contributed by atoms with Crippen molar-refractivity contribution in [3.63, 3.8) is 0 Å². The van der Waals surface area contributed by atoms with Gasteiger partial charge in [0.2, 0.25) is 0 Å². The van der Waals surface area contributed by atoms with Gasteiger partial charge < -0.3 is 0 Å². The van der Waals surface area contributed by atoms with Gasteiger partial charge in [0.1, 0.15) is 0 Å². The quantitative estimate of drug-likeness (QED) is 0.564. The van der Waals surface area contributed by atoms with Gasteiger partial charge in [-0.05, 0) is 28.0 Å². The van der Waals surface area contributed by atoms with Crippen LogP contribution in [0.4, 0.5) is 0 Å². The molecule has 1 aromatic heterocycles. The van der Waals surface area contributed by atoms with Crippen LogP contribution in [-0.2, 0) is 0 Å². The van der Waals surface area contributed by atoms with Crippen LogP contribution in [0, 0.1) is 0 Å². The molecule has 0 bridgehead atoms. The summed E-state index contributed by atoms with van der Waals surface area (Å²) < 4.78 is 0. The zero-order valence-corrected chi connectivity index (χ0v) is 8.43. The van der Waals surface area contributed by atoms with E-state index in [2.05, 4.69) is 22.9 Å². The highest BCUT2D eigenvalue weighted by Gasteiger charge is 1.61. The van der Waals surface area contributed by atoms with Crippen molar-refractivity contribution >= 4 is 48.7 Å². The fourth-order valence-electron chi connectivity index (χ4n) is 0.244. The molecule has 0 radical (unpaired) electrons. The Morgan fingerprint density at radius 2 is 1.22 bits per heavy atom. The summed E-state index contributed by atoms with van der Waals surface area (Å²) in [5, 5.41) is 4.17. The van der Waals surface area contributed by atoms with Crippen LogP contribution in [0.25, 0.3) is 0 Å². The maximum Gasteiger partial charge on any atom is 0.00220 e. The lowest BCUT2D eigenvalue weighted by Crippen LogP contribution is -1.30. The molecule has 1 heterocycles. The molecule has 0 aliphatic carbocycles. The molecule has 9 heavy (non-hydrogen) atoms. The first kappa shape index (κ1) is 7.68. The molecule has 0 unspecified atom stereocenters. The van der Waals surface area contributed by atoms with Gasteiger partial charge in [0.05, 0.1) is 0 Å². The highest BCUT2D eigenvalue weighted by molar-refractivity contribution is 8.13. The lowest BCUT2D eigenvalue weighted by Gasteiger charge is -1.57. The van der Waals surface area contributed by atoms with Crippen LogP contribution in [0.3, 0.4) is 0 Å². The van der Waals surface area contributed by atoms with E-state index in [1.54, 1.807) is 48.7 Å². The van der Waals surface area contributed by atoms with Crippen LogP contribution < -0.4 is 0 Å². The molecule has 0 saturated carbocycles. The minimum atomic E-state index is 1.76. The summed E-state index contributed by atoms with van der Waals surface area (Å²) in [6.45, 7) is 0. The third-order valence-electron chi connectivity index (χ3n) is 0.513. The minimum absolute atomic E-state index is 1.76. The third-order valence-corrected chi connectivity index (χ3v) is 8.20. The van der Waals surface area contributed by atoms with Gasteiger partial charge in [-0.25, -0.2) is 0 Å². The van der Waals surface area contributed by atoms with Crippen LogP contribution in [0.15, 0.2) is 22.9 Å². The molecule has 1 rings (SSSR count). The Bertz CT molecular complexity index is 131. The van der Waals surface area contributed by atoms with Gasteiger partial charge >= 0.3 is 0 Å². The molecule has 0 nitrogen and oxygen atoms in total. The van der Waals surface area contributed by atoms with E-state index >= 15 is 0 Å². The zero-order valence-electron chi connectivity index (χ0n) is 4.35.